The summed E-state index contributed by atoms with van der Waals surface area (Å²) in [6, 6.07) is 7.36. The van der Waals surface area contributed by atoms with Crippen molar-refractivity contribution in [2.24, 2.45) is 0 Å². The van der Waals surface area contributed by atoms with Gasteiger partial charge in [0.2, 0.25) is 0 Å². The number of nitrogen functional groups attached to an aromatic ring is 1. The third-order valence-electron chi connectivity index (χ3n) is 3.14. The minimum absolute atomic E-state index is 0.0585. The number of aromatic nitrogens is 3. The first-order chi connectivity index (χ1) is 9.54. The number of benzene rings is 1. The Morgan fingerprint density at radius 3 is 2.85 bits per heavy atom. The van der Waals surface area contributed by atoms with Crippen molar-refractivity contribution in [2.75, 3.05) is 5.73 Å². The standard InChI is InChI=1S/C14H13BrN4O/c1-9-6-13-14(20)18(4-5-19(13)17-9)8-10-2-3-11(16)7-12(10)15/h2-7H,8,16H2,1H3. The van der Waals surface area contributed by atoms with Crippen LogP contribution in [0, 0.1) is 6.92 Å². The van der Waals surface area contributed by atoms with Gasteiger partial charge in [-0.2, -0.15) is 5.10 Å². The van der Waals surface area contributed by atoms with Gasteiger partial charge >= 0.3 is 0 Å². The smallest absolute Gasteiger partial charge is 0.276 e. The topological polar surface area (TPSA) is 65.3 Å². The van der Waals surface area contributed by atoms with Crippen LogP contribution in [0.5, 0.6) is 0 Å². The van der Waals surface area contributed by atoms with Crippen molar-refractivity contribution in [3.05, 3.63) is 62.7 Å². The molecule has 0 aliphatic carbocycles. The molecular formula is C14H13BrN4O. The van der Waals surface area contributed by atoms with Crippen LogP contribution in [0.25, 0.3) is 5.52 Å². The van der Waals surface area contributed by atoms with Gasteiger partial charge in [0.25, 0.3) is 5.56 Å². The summed E-state index contributed by atoms with van der Waals surface area (Å²) in [6.07, 6.45) is 3.53. The molecule has 0 saturated carbocycles. The summed E-state index contributed by atoms with van der Waals surface area (Å²) in [4.78, 5) is 12.4. The Morgan fingerprint density at radius 2 is 2.10 bits per heavy atom. The van der Waals surface area contributed by atoms with Crippen LogP contribution in [0.2, 0.25) is 0 Å². The largest absolute Gasteiger partial charge is 0.399 e. The van der Waals surface area contributed by atoms with Gasteiger partial charge in [-0.3, -0.25) is 4.79 Å². The van der Waals surface area contributed by atoms with Crippen LogP contribution in [0.1, 0.15) is 11.3 Å². The van der Waals surface area contributed by atoms with Crippen LogP contribution in [0.4, 0.5) is 5.69 Å². The molecule has 0 bridgehead atoms. The van der Waals surface area contributed by atoms with E-state index in [9.17, 15) is 4.79 Å². The molecule has 0 aliphatic rings. The Morgan fingerprint density at radius 1 is 1.30 bits per heavy atom. The molecule has 20 heavy (non-hydrogen) atoms. The number of halogens is 1. The fourth-order valence-electron chi connectivity index (χ4n) is 2.15. The maximum Gasteiger partial charge on any atom is 0.276 e. The van der Waals surface area contributed by atoms with Crippen LogP contribution in [-0.2, 0) is 6.54 Å². The monoisotopic (exact) mass is 332 g/mol. The molecule has 0 atom stereocenters. The third-order valence-corrected chi connectivity index (χ3v) is 3.88. The molecule has 2 N–H and O–H groups in total. The molecule has 3 rings (SSSR count). The van der Waals surface area contributed by atoms with Gasteiger partial charge in [0.05, 0.1) is 12.2 Å². The van der Waals surface area contributed by atoms with E-state index in [4.69, 9.17) is 5.73 Å². The number of hydrogen-bond acceptors (Lipinski definition) is 3. The Labute approximate surface area is 123 Å². The second kappa shape index (κ2) is 4.79. The molecule has 0 radical (unpaired) electrons. The normalized spacial score (nSPS) is 11.1. The van der Waals surface area contributed by atoms with Crippen molar-refractivity contribution in [3.8, 4) is 0 Å². The van der Waals surface area contributed by atoms with Crippen molar-refractivity contribution in [1.82, 2.24) is 14.2 Å². The van der Waals surface area contributed by atoms with Gasteiger partial charge in [-0.1, -0.05) is 22.0 Å². The molecule has 0 spiro atoms. The Bertz CT molecular complexity index is 850. The third kappa shape index (κ3) is 2.22. The predicted octanol–water partition coefficient (Wildman–Crippen LogP) is 2.20. The van der Waals surface area contributed by atoms with Crippen molar-refractivity contribution in [2.45, 2.75) is 13.5 Å². The van der Waals surface area contributed by atoms with Gasteiger partial charge in [0.1, 0.15) is 5.52 Å². The summed E-state index contributed by atoms with van der Waals surface area (Å²) in [7, 11) is 0. The summed E-state index contributed by atoms with van der Waals surface area (Å²) < 4.78 is 4.16. The van der Waals surface area contributed by atoms with Gasteiger partial charge in [0, 0.05) is 22.6 Å². The molecule has 102 valence electrons. The molecule has 0 unspecified atom stereocenters. The van der Waals surface area contributed by atoms with E-state index in [-0.39, 0.29) is 5.56 Å². The van der Waals surface area contributed by atoms with Crippen LogP contribution >= 0.6 is 15.9 Å². The lowest BCUT2D eigenvalue weighted by Crippen LogP contribution is -2.22. The molecule has 2 aromatic heterocycles. The highest BCUT2D eigenvalue weighted by atomic mass is 79.9. The fraction of sp³-hybridized carbons (Fsp3) is 0.143. The zero-order chi connectivity index (χ0) is 14.3. The van der Waals surface area contributed by atoms with Gasteiger partial charge in [-0.15, -0.1) is 0 Å². The van der Waals surface area contributed by atoms with Crippen molar-refractivity contribution >= 4 is 27.1 Å². The molecule has 6 heteroatoms. The summed E-state index contributed by atoms with van der Waals surface area (Å²) in [6.45, 7) is 2.35. The van der Waals surface area contributed by atoms with Crippen molar-refractivity contribution < 1.29 is 0 Å². The number of rotatable bonds is 2. The Hall–Kier alpha value is -2.08. The molecule has 0 amide bonds. The first kappa shape index (κ1) is 12.9. The first-order valence-corrected chi connectivity index (χ1v) is 6.93. The van der Waals surface area contributed by atoms with E-state index in [0.717, 1.165) is 15.7 Å². The van der Waals surface area contributed by atoms with Crippen LogP contribution < -0.4 is 11.3 Å². The van der Waals surface area contributed by atoms with E-state index < -0.39 is 0 Å². The van der Waals surface area contributed by atoms with E-state index in [0.29, 0.717) is 17.7 Å². The second-order valence-electron chi connectivity index (χ2n) is 4.70. The number of aryl methyl sites for hydroxylation is 1. The SMILES string of the molecule is Cc1cc2c(=O)n(Cc3ccc(N)cc3Br)ccn2n1. The van der Waals surface area contributed by atoms with Crippen LogP contribution in [0.3, 0.4) is 0 Å². The number of hydrogen-bond donors (Lipinski definition) is 1. The highest BCUT2D eigenvalue weighted by Crippen LogP contribution is 2.20. The fourth-order valence-corrected chi connectivity index (χ4v) is 2.67. The summed E-state index contributed by atoms with van der Waals surface area (Å²) >= 11 is 3.47. The van der Waals surface area contributed by atoms with E-state index in [1.807, 2.05) is 25.1 Å². The number of nitrogens with two attached hydrogens (primary N) is 1. The quantitative estimate of drug-likeness (QED) is 0.731. The number of fused-ring (bicyclic) bond motifs is 1. The highest BCUT2D eigenvalue weighted by molar-refractivity contribution is 9.10. The summed E-state index contributed by atoms with van der Waals surface area (Å²) in [5, 5.41) is 4.23. The average Bonchev–Trinajstić information content (AvgIpc) is 2.77. The van der Waals surface area contributed by atoms with E-state index in [1.165, 1.54) is 0 Å². The van der Waals surface area contributed by atoms with Gasteiger partial charge < -0.3 is 10.3 Å². The Kier molecular flexibility index (Phi) is 3.10. The summed E-state index contributed by atoms with van der Waals surface area (Å²) in [5.74, 6) is 0. The van der Waals surface area contributed by atoms with E-state index >= 15 is 0 Å². The summed E-state index contributed by atoms with van der Waals surface area (Å²) in [5.41, 5.74) is 8.76. The van der Waals surface area contributed by atoms with Crippen LogP contribution in [0.15, 0.2) is 45.9 Å². The molecule has 0 fully saturated rings. The predicted molar refractivity (Wildman–Crippen MR) is 81.8 cm³/mol. The minimum Gasteiger partial charge on any atom is -0.399 e. The van der Waals surface area contributed by atoms with Crippen molar-refractivity contribution in [1.29, 1.82) is 0 Å². The lowest BCUT2D eigenvalue weighted by atomic mass is 10.2. The lowest BCUT2D eigenvalue weighted by Gasteiger charge is -2.08. The molecule has 2 heterocycles. The zero-order valence-corrected chi connectivity index (χ0v) is 12.5. The average molecular weight is 333 g/mol. The minimum atomic E-state index is -0.0585. The maximum atomic E-state index is 12.4. The molecule has 3 aromatic rings. The van der Waals surface area contributed by atoms with E-state index in [1.54, 1.807) is 27.5 Å². The van der Waals surface area contributed by atoms with Gasteiger partial charge in [-0.25, -0.2) is 4.52 Å². The molecule has 5 nitrogen and oxygen atoms in total. The number of anilines is 1. The molecule has 0 saturated heterocycles. The van der Waals surface area contributed by atoms with Gasteiger partial charge in [0.15, 0.2) is 0 Å². The molecular weight excluding hydrogens is 320 g/mol. The number of nitrogens with zero attached hydrogens (tertiary/aromatic N) is 3. The second-order valence-corrected chi connectivity index (χ2v) is 5.55. The first-order valence-electron chi connectivity index (χ1n) is 6.14. The van der Waals surface area contributed by atoms with Gasteiger partial charge in [-0.05, 0) is 30.7 Å². The van der Waals surface area contributed by atoms with E-state index in [2.05, 4.69) is 21.0 Å². The maximum absolute atomic E-state index is 12.4. The van der Waals surface area contributed by atoms with Crippen LogP contribution in [-0.4, -0.2) is 14.2 Å². The zero-order valence-electron chi connectivity index (χ0n) is 10.9. The molecule has 1 aromatic carbocycles. The lowest BCUT2D eigenvalue weighted by molar-refractivity contribution is 0.740. The molecule has 0 aliphatic heterocycles. The van der Waals surface area contributed by atoms with Crippen molar-refractivity contribution in [3.63, 3.8) is 0 Å². The Balaban J connectivity index is 2.06. The highest BCUT2D eigenvalue weighted by Gasteiger charge is 2.07.